The van der Waals surface area contributed by atoms with Crippen molar-refractivity contribution in [2.75, 3.05) is 0 Å². The number of rotatable bonds is 13. The molecule has 2 aliphatic carbocycles. The highest BCUT2D eigenvalue weighted by atomic mass is 16.5. The summed E-state index contributed by atoms with van der Waals surface area (Å²) in [6, 6.07) is 43.7. The summed E-state index contributed by atoms with van der Waals surface area (Å²) in [4.78, 5) is 0. The van der Waals surface area contributed by atoms with Crippen LogP contribution in [0.1, 0.15) is 60.8 Å². The van der Waals surface area contributed by atoms with Crippen molar-refractivity contribution in [1.29, 1.82) is 0 Å². The Labute approximate surface area is 277 Å². The van der Waals surface area contributed by atoms with Gasteiger partial charge in [-0.2, -0.15) is 0 Å². The van der Waals surface area contributed by atoms with E-state index >= 15 is 0 Å². The predicted octanol–water partition coefficient (Wildman–Crippen LogP) is 10.6. The fourth-order valence-corrected chi connectivity index (χ4v) is 8.91. The van der Waals surface area contributed by atoms with Crippen molar-refractivity contribution in [1.82, 2.24) is 0 Å². The molecule has 238 valence electrons. The predicted molar refractivity (Wildman–Crippen MR) is 190 cm³/mol. The molecule has 2 saturated carbocycles. The zero-order chi connectivity index (χ0) is 31.9. The average molecular weight is 611 g/mol. The summed E-state index contributed by atoms with van der Waals surface area (Å²) in [5.41, 5.74) is 5.19. The van der Waals surface area contributed by atoms with Crippen molar-refractivity contribution in [3.8, 4) is 0 Å². The molecular formula is C44H50O2. The summed E-state index contributed by atoms with van der Waals surface area (Å²) in [5, 5.41) is 0. The molecule has 0 spiro atoms. The van der Waals surface area contributed by atoms with E-state index in [4.69, 9.17) is 9.47 Å². The van der Waals surface area contributed by atoms with Crippen molar-refractivity contribution in [3.63, 3.8) is 0 Å². The van der Waals surface area contributed by atoms with Gasteiger partial charge in [0.2, 0.25) is 0 Å². The molecule has 0 N–H and O–H groups in total. The molecule has 2 nitrogen and oxygen atoms in total. The minimum atomic E-state index is 0.101. The maximum atomic E-state index is 7.00. The highest BCUT2D eigenvalue weighted by Crippen LogP contribution is 2.58. The lowest BCUT2D eigenvalue weighted by Gasteiger charge is -2.44. The monoisotopic (exact) mass is 610 g/mol. The fourth-order valence-electron chi connectivity index (χ4n) is 8.91. The molecule has 0 aliphatic heterocycles. The van der Waals surface area contributed by atoms with Crippen LogP contribution < -0.4 is 0 Å². The molecule has 6 rings (SSSR count). The second-order valence-electron chi connectivity index (χ2n) is 13.8. The van der Waals surface area contributed by atoms with E-state index in [-0.39, 0.29) is 35.9 Å². The van der Waals surface area contributed by atoms with Crippen molar-refractivity contribution in [3.05, 3.63) is 169 Å². The molecule has 4 aromatic rings. The summed E-state index contributed by atoms with van der Waals surface area (Å²) < 4.78 is 14.0. The highest BCUT2D eigenvalue weighted by molar-refractivity contribution is 5.33. The molecule has 0 radical (unpaired) electrons. The SMILES string of the molecule is C=C[C@@H]1C[C@H](C)[C@H](OCc2ccccc2)[C@H]1[C@@H](c1ccccc1)[C@@H](c1ccccc1)[C@@H]1[C@H](OCc2ccccc2)[C@@H](C)C[C@@H]1C=C. The third-order valence-corrected chi connectivity index (χ3v) is 10.9. The van der Waals surface area contributed by atoms with Gasteiger partial charge < -0.3 is 9.47 Å². The largest absolute Gasteiger partial charge is 0.373 e. The first-order valence-electron chi connectivity index (χ1n) is 17.2. The summed E-state index contributed by atoms with van der Waals surface area (Å²) in [6.45, 7) is 14.8. The van der Waals surface area contributed by atoms with Gasteiger partial charge in [-0.1, -0.05) is 147 Å². The third-order valence-electron chi connectivity index (χ3n) is 10.9. The first kappa shape index (κ1) is 32.2. The molecule has 0 bridgehead atoms. The van der Waals surface area contributed by atoms with E-state index in [1.165, 1.54) is 22.3 Å². The first-order chi connectivity index (χ1) is 22.6. The van der Waals surface area contributed by atoms with Crippen LogP contribution in [0.3, 0.4) is 0 Å². The van der Waals surface area contributed by atoms with Gasteiger partial charge in [-0.25, -0.2) is 0 Å². The molecule has 10 atom stereocenters. The average Bonchev–Trinajstić information content (AvgIpc) is 3.60. The number of benzene rings is 4. The Morgan fingerprint density at radius 1 is 0.543 bits per heavy atom. The van der Waals surface area contributed by atoms with Gasteiger partial charge in [0.25, 0.3) is 0 Å². The van der Waals surface area contributed by atoms with Crippen LogP contribution in [0.5, 0.6) is 0 Å². The minimum absolute atomic E-state index is 0.101. The Kier molecular flexibility index (Phi) is 10.7. The summed E-state index contributed by atoms with van der Waals surface area (Å²) in [5.74, 6) is 2.47. The molecule has 0 heterocycles. The van der Waals surface area contributed by atoms with Gasteiger partial charge in [0, 0.05) is 0 Å². The van der Waals surface area contributed by atoms with Crippen LogP contribution in [0.2, 0.25) is 0 Å². The third kappa shape index (κ3) is 6.99. The van der Waals surface area contributed by atoms with E-state index in [1.54, 1.807) is 0 Å². The van der Waals surface area contributed by atoms with Crippen LogP contribution in [0.4, 0.5) is 0 Å². The lowest BCUT2D eigenvalue weighted by Crippen LogP contribution is -2.39. The Hall–Kier alpha value is -3.72. The Balaban J connectivity index is 1.46. The van der Waals surface area contributed by atoms with Crippen molar-refractivity contribution >= 4 is 0 Å². The maximum Gasteiger partial charge on any atom is 0.0720 e. The van der Waals surface area contributed by atoms with Crippen molar-refractivity contribution < 1.29 is 9.47 Å². The lowest BCUT2D eigenvalue weighted by molar-refractivity contribution is -0.0407. The summed E-state index contributed by atoms with van der Waals surface area (Å²) in [7, 11) is 0. The van der Waals surface area contributed by atoms with Gasteiger partial charge >= 0.3 is 0 Å². The molecule has 46 heavy (non-hydrogen) atoms. The van der Waals surface area contributed by atoms with Crippen LogP contribution in [-0.4, -0.2) is 12.2 Å². The molecule has 0 unspecified atom stereocenters. The maximum absolute atomic E-state index is 7.00. The van der Waals surface area contributed by atoms with Gasteiger partial charge in [0.15, 0.2) is 0 Å². The molecule has 0 saturated heterocycles. The lowest BCUT2D eigenvalue weighted by atomic mass is 9.63. The van der Waals surface area contributed by atoms with Gasteiger partial charge in [-0.15, -0.1) is 13.2 Å². The molecule has 2 heteroatoms. The minimum Gasteiger partial charge on any atom is -0.373 e. The second-order valence-corrected chi connectivity index (χ2v) is 13.8. The van der Waals surface area contributed by atoms with Crippen LogP contribution in [-0.2, 0) is 22.7 Å². The molecule has 0 aromatic heterocycles. The number of hydrogen-bond donors (Lipinski definition) is 0. The zero-order valence-corrected chi connectivity index (χ0v) is 27.5. The van der Waals surface area contributed by atoms with E-state index in [0.29, 0.717) is 36.9 Å². The Bertz CT molecular complexity index is 1380. The number of hydrogen-bond acceptors (Lipinski definition) is 2. The summed E-state index contributed by atoms with van der Waals surface area (Å²) in [6.07, 6.45) is 6.80. The zero-order valence-electron chi connectivity index (χ0n) is 27.5. The highest BCUT2D eigenvalue weighted by Gasteiger charge is 2.53. The molecule has 4 aromatic carbocycles. The van der Waals surface area contributed by atoms with Gasteiger partial charge in [-0.3, -0.25) is 0 Å². The molecule has 2 fully saturated rings. The van der Waals surface area contributed by atoms with Crippen LogP contribution in [0.25, 0.3) is 0 Å². The van der Waals surface area contributed by atoms with E-state index in [1.807, 2.05) is 0 Å². The molecule has 2 aliphatic rings. The van der Waals surface area contributed by atoms with Gasteiger partial charge in [-0.05, 0) is 82.4 Å². The van der Waals surface area contributed by atoms with Crippen molar-refractivity contribution in [2.24, 2.45) is 35.5 Å². The molecule has 0 amide bonds. The number of ether oxygens (including phenoxy) is 2. The van der Waals surface area contributed by atoms with Crippen LogP contribution in [0, 0.1) is 35.5 Å². The fraction of sp³-hybridized carbons (Fsp3) is 0.364. The molecular weight excluding hydrogens is 560 g/mol. The standard InChI is InChI=1S/C44H50O2/c1-5-35-27-31(3)43(45-29-33-19-11-7-12-20-33)41(35)39(37-23-15-9-16-24-37)40(38-25-17-10-18-26-38)42-36(6-2)28-32(4)44(42)46-30-34-21-13-8-14-22-34/h5-26,31-32,35-36,39-44H,1-2,27-30H2,3-4H3/t31-,32-,35-,36+,39+,40-,41+,42+,43+,44-/m0/s1. The van der Waals surface area contributed by atoms with E-state index in [0.717, 1.165) is 12.8 Å². The van der Waals surface area contributed by atoms with E-state index in [2.05, 4.69) is 160 Å². The Morgan fingerprint density at radius 2 is 0.870 bits per heavy atom. The topological polar surface area (TPSA) is 18.5 Å². The normalized spacial score (nSPS) is 28.8. The first-order valence-corrected chi connectivity index (χ1v) is 17.2. The van der Waals surface area contributed by atoms with E-state index < -0.39 is 0 Å². The van der Waals surface area contributed by atoms with Crippen LogP contribution in [0.15, 0.2) is 147 Å². The quantitative estimate of drug-likeness (QED) is 0.140. The van der Waals surface area contributed by atoms with E-state index in [9.17, 15) is 0 Å². The summed E-state index contributed by atoms with van der Waals surface area (Å²) >= 11 is 0. The number of allylic oxidation sites excluding steroid dienone is 2. The second kappa shape index (κ2) is 15.2. The van der Waals surface area contributed by atoms with Crippen molar-refractivity contribution in [2.45, 2.75) is 63.9 Å². The van der Waals surface area contributed by atoms with Gasteiger partial charge in [0.1, 0.15) is 0 Å². The Morgan fingerprint density at radius 3 is 1.20 bits per heavy atom. The van der Waals surface area contributed by atoms with Crippen LogP contribution >= 0.6 is 0 Å². The smallest absolute Gasteiger partial charge is 0.0720 e. The van der Waals surface area contributed by atoms with Gasteiger partial charge in [0.05, 0.1) is 25.4 Å².